The topological polar surface area (TPSA) is 16.1 Å². The first kappa shape index (κ1) is 10.6. The molecule has 1 radical (unpaired) electrons. The Morgan fingerprint density at radius 2 is 2.00 bits per heavy atom. The summed E-state index contributed by atoms with van der Waals surface area (Å²) in [6, 6.07) is 3.95. The van der Waals surface area contributed by atoms with Crippen LogP contribution in [0.25, 0.3) is 0 Å². The average Bonchev–Trinajstić information content (AvgIpc) is 2.57. The molecule has 1 aliphatic rings. The predicted octanol–water partition coefficient (Wildman–Crippen LogP) is 1.86. The molecular weight excluding hydrogens is 241 g/mol. The Bertz CT molecular complexity index is 269. The van der Waals surface area contributed by atoms with Crippen LogP contribution in [0.3, 0.4) is 0 Å². The quantitative estimate of drug-likeness (QED) is 0.561. The molecule has 1 saturated heterocycles. The van der Waals surface area contributed by atoms with Crippen molar-refractivity contribution in [2.75, 3.05) is 18.0 Å². The van der Waals surface area contributed by atoms with Gasteiger partial charge in [0.1, 0.15) is 0 Å². The van der Waals surface area contributed by atoms with Crippen LogP contribution in [0.15, 0.2) is 18.3 Å². The summed E-state index contributed by atoms with van der Waals surface area (Å²) in [6.45, 7) is 6.24. The molecule has 2 rings (SSSR count). The van der Waals surface area contributed by atoms with E-state index in [1.54, 1.807) is 0 Å². The van der Waals surface area contributed by atoms with E-state index in [1.165, 1.54) is 12.8 Å². The van der Waals surface area contributed by atoms with E-state index in [0.717, 1.165) is 24.5 Å². The van der Waals surface area contributed by atoms with Gasteiger partial charge in [-0.2, -0.15) is 18.6 Å². The van der Waals surface area contributed by atoms with E-state index in [9.17, 15) is 0 Å². The van der Waals surface area contributed by atoms with Crippen molar-refractivity contribution in [2.45, 2.75) is 12.8 Å². The van der Waals surface area contributed by atoms with Crippen LogP contribution in [0.5, 0.6) is 0 Å². The van der Waals surface area contributed by atoms with Crippen LogP contribution in [-0.2, 0) is 22.4 Å². The molecule has 2 heterocycles. The van der Waals surface area contributed by atoms with Gasteiger partial charge in [-0.15, -0.1) is 6.07 Å². The van der Waals surface area contributed by atoms with Gasteiger partial charge in [-0.3, -0.25) is 0 Å². The predicted molar refractivity (Wildman–Crippen MR) is 50.1 cm³/mol. The molecule has 1 aliphatic heterocycles. The normalized spacial score (nSPS) is 15.5. The van der Waals surface area contributed by atoms with Gasteiger partial charge in [-0.1, -0.05) is 0 Å². The Balaban J connectivity index is 0.000000845. The molecule has 69 valence electrons. The molecule has 0 unspecified atom stereocenters. The third kappa shape index (κ3) is 2.27. The molecular formula is C10H13N2Nb-. The van der Waals surface area contributed by atoms with Crippen molar-refractivity contribution in [3.8, 4) is 0 Å². The van der Waals surface area contributed by atoms with E-state index >= 15 is 0 Å². The SMILES string of the molecule is [CH2-]c1cccnc1N1CCCC1.[Nb]. The number of hydrogen-bond acceptors (Lipinski definition) is 2. The summed E-state index contributed by atoms with van der Waals surface area (Å²) in [4.78, 5) is 6.63. The van der Waals surface area contributed by atoms with E-state index in [2.05, 4.69) is 16.8 Å². The fourth-order valence-electron chi connectivity index (χ4n) is 1.64. The van der Waals surface area contributed by atoms with Gasteiger partial charge in [0.25, 0.3) is 0 Å². The summed E-state index contributed by atoms with van der Waals surface area (Å²) >= 11 is 0. The Kier molecular flexibility index (Phi) is 3.85. The zero-order valence-corrected chi connectivity index (χ0v) is 9.81. The maximum absolute atomic E-state index is 4.32. The second-order valence-electron chi connectivity index (χ2n) is 3.18. The molecule has 2 nitrogen and oxygen atoms in total. The van der Waals surface area contributed by atoms with Crippen molar-refractivity contribution in [1.29, 1.82) is 0 Å². The van der Waals surface area contributed by atoms with Crippen molar-refractivity contribution < 1.29 is 22.4 Å². The van der Waals surface area contributed by atoms with Crippen LogP contribution in [0, 0.1) is 6.92 Å². The summed E-state index contributed by atoms with van der Waals surface area (Å²) in [5.74, 6) is 1.06. The second-order valence-corrected chi connectivity index (χ2v) is 3.18. The molecule has 13 heavy (non-hydrogen) atoms. The van der Waals surface area contributed by atoms with E-state index < -0.39 is 0 Å². The van der Waals surface area contributed by atoms with E-state index in [1.807, 2.05) is 18.3 Å². The fraction of sp³-hybridized carbons (Fsp3) is 0.400. The molecule has 0 aromatic carbocycles. The Morgan fingerprint density at radius 1 is 1.31 bits per heavy atom. The maximum atomic E-state index is 4.32. The molecule has 0 aliphatic carbocycles. The monoisotopic (exact) mass is 254 g/mol. The van der Waals surface area contributed by atoms with E-state index in [-0.39, 0.29) is 22.4 Å². The zero-order valence-electron chi connectivity index (χ0n) is 7.61. The first-order valence-electron chi connectivity index (χ1n) is 4.40. The third-order valence-electron chi connectivity index (χ3n) is 2.27. The third-order valence-corrected chi connectivity index (χ3v) is 2.27. The van der Waals surface area contributed by atoms with Crippen molar-refractivity contribution in [1.82, 2.24) is 4.98 Å². The minimum Gasteiger partial charge on any atom is -0.408 e. The summed E-state index contributed by atoms with van der Waals surface area (Å²) < 4.78 is 0. The molecule has 0 saturated carbocycles. The smallest absolute Gasteiger partial charge is 0.0226 e. The van der Waals surface area contributed by atoms with Gasteiger partial charge in [-0.05, 0) is 12.8 Å². The minimum atomic E-state index is 0. The van der Waals surface area contributed by atoms with Crippen LogP contribution >= 0.6 is 0 Å². The molecule has 0 atom stereocenters. The molecule has 1 aromatic rings. The van der Waals surface area contributed by atoms with Gasteiger partial charge >= 0.3 is 0 Å². The molecule has 0 amide bonds. The molecule has 1 aromatic heterocycles. The molecule has 3 heteroatoms. The summed E-state index contributed by atoms with van der Waals surface area (Å²) in [5.41, 5.74) is 1.04. The average molecular weight is 254 g/mol. The summed E-state index contributed by atoms with van der Waals surface area (Å²) in [5, 5.41) is 0. The van der Waals surface area contributed by atoms with Crippen LogP contribution in [0.1, 0.15) is 18.4 Å². The number of hydrogen-bond donors (Lipinski definition) is 0. The minimum absolute atomic E-state index is 0. The summed E-state index contributed by atoms with van der Waals surface area (Å²) in [6.07, 6.45) is 4.41. The van der Waals surface area contributed by atoms with Gasteiger partial charge in [0, 0.05) is 47.5 Å². The maximum Gasteiger partial charge on any atom is 0.0226 e. The number of nitrogens with zero attached hydrogens (tertiary/aromatic N) is 2. The first-order chi connectivity index (χ1) is 5.88. The van der Waals surface area contributed by atoms with Crippen LogP contribution in [-0.4, -0.2) is 18.1 Å². The standard InChI is InChI=1S/C10H13N2.Nb/c1-9-5-4-6-11-10(9)12-7-2-3-8-12;/h4-6H,1-3,7-8H2;/q-1;. The number of anilines is 1. The van der Waals surface area contributed by atoms with E-state index in [4.69, 9.17) is 0 Å². The molecule has 0 N–H and O–H groups in total. The number of rotatable bonds is 1. The van der Waals surface area contributed by atoms with Crippen molar-refractivity contribution in [3.63, 3.8) is 0 Å². The largest absolute Gasteiger partial charge is 0.408 e. The van der Waals surface area contributed by atoms with Gasteiger partial charge in [0.2, 0.25) is 0 Å². The van der Waals surface area contributed by atoms with Crippen LogP contribution in [0.4, 0.5) is 5.82 Å². The van der Waals surface area contributed by atoms with Crippen molar-refractivity contribution in [3.05, 3.63) is 30.8 Å². The molecule has 1 fully saturated rings. The van der Waals surface area contributed by atoms with Gasteiger partial charge in [0.15, 0.2) is 0 Å². The van der Waals surface area contributed by atoms with Crippen molar-refractivity contribution >= 4 is 5.82 Å². The Hall–Kier alpha value is -0.440. The van der Waals surface area contributed by atoms with Gasteiger partial charge in [-0.25, -0.2) is 0 Å². The summed E-state index contributed by atoms with van der Waals surface area (Å²) in [7, 11) is 0. The fourth-order valence-corrected chi connectivity index (χ4v) is 1.64. The number of aromatic nitrogens is 1. The van der Waals surface area contributed by atoms with E-state index in [0.29, 0.717) is 0 Å². The van der Waals surface area contributed by atoms with Gasteiger partial charge in [0.05, 0.1) is 0 Å². The molecule has 0 bridgehead atoms. The number of pyridine rings is 1. The zero-order chi connectivity index (χ0) is 8.39. The van der Waals surface area contributed by atoms with Crippen LogP contribution in [0.2, 0.25) is 0 Å². The van der Waals surface area contributed by atoms with Crippen molar-refractivity contribution in [2.24, 2.45) is 0 Å². The second kappa shape index (κ2) is 4.70. The first-order valence-corrected chi connectivity index (χ1v) is 4.40. The van der Waals surface area contributed by atoms with Crippen LogP contribution < -0.4 is 4.90 Å². The molecule has 0 spiro atoms. The Labute approximate surface area is 94.9 Å². The Morgan fingerprint density at radius 3 is 2.62 bits per heavy atom. The van der Waals surface area contributed by atoms with Gasteiger partial charge < -0.3 is 9.88 Å².